The zero-order valence-corrected chi connectivity index (χ0v) is 10.5. The van der Waals surface area contributed by atoms with Crippen LogP contribution < -0.4 is 5.32 Å². The molecule has 0 aromatic heterocycles. The molecule has 0 heterocycles. The number of rotatable bonds is 2. The lowest BCUT2D eigenvalue weighted by Crippen LogP contribution is -2.03. The molecular weight excluding hydrogens is 312 g/mol. The van der Waals surface area contributed by atoms with Crippen LogP contribution in [0.3, 0.4) is 0 Å². The smallest absolute Gasteiger partial charge is 0.153 e. The monoisotopic (exact) mass is 321 g/mol. The topological polar surface area (TPSA) is 48.2 Å². The molecule has 0 spiro atoms. The van der Waals surface area contributed by atoms with Crippen LogP contribution in [0.25, 0.3) is 0 Å². The van der Waals surface area contributed by atoms with Crippen molar-refractivity contribution in [3.05, 3.63) is 26.3 Å². The first-order valence-electron chi connectivity index (χ1n) is 3.82. The SMILES string of the molecule is C=NC(=N)c1cc(Cl)cc(I)c1NC. The molecule has 0 aliphatic heterocycles. The zero-order chi connectivity index (χ0) is 10.7. The largest absolute Gasteiger partial charge is 0.387 e. The first-order chi connectivity index (χ1) is 6.60. The summed E-state index contributed by atoms with van der Waals surface area (Å²) in [6.45, 7) is 3.32. The van der Waals surface area contributed by atoms with Gasteiger partial charge >= 0.3 is 0 Å². The Hall–Kier alpha value is -0.620. The van der Waals surface area contributed by atoms with Crippen molar-refractivity contribution in [2.24, 2.45) is 4.99 Å². The lowest BCUT2D eigenvalue weighted by Gasteiger charge is -2.10. The molecule has 0 saturated carbocycles. The number of aliphatic imine (C=N–C) groups is 1. The average Bonchev–Trinajstić information content (AvgIpc) is 2.15. The normalized spacial score (nSPS) is 9.64. The minimum absolute atomic E-state index is 0.120. The van der Waals surface area contributed by atoms with Crippen molar-refractivity contribution < 1.29 is 0 Å². The van der Waals surface area contributed by atoms with Crippen molar-refractivity contribution in [3.63, 3.8) is 0 Å². The van der Waals surface area contributed by atoms with E-state index in [9.17, 15) is 0 Å². The fourth-order valence-electron chi connectivity index (χ4n) is 1.10. The van der Waals surface area contributed by atoms with Crippen LogP contribution in [0.1, 0.15) is 5.56 Å². The summed E-state index contributed by atoms with van der Waals surface area (Å²) in [5, 5.41) is 11.2. The average molecular weight is 322 g/mol. The molecule has 14 heavy (non-hydrogen) atoms. The molecule has 74 valence electrons. The Labute approximate surface area is 101 Å². The van der Waals surface area contributed by atoms with E-state index in [1.807, 2.05) is 6.07 Å². The molecule has 3 nitrogen and oxygen atoms in total. The van der Waals surface area contributed by atoms with Gasteiger partial charge in [-0.05, 0) is 41.4 Å². The molecule has 0 unspecified atom stereocenters. The highest BCUT2D eigenvalue weighted by Crippen LogP contribution is 2.27. The molecule has 0 atom stereocenters. The summed E-state index contributed by atoms with van der Waals surface area (Å²) in [6.07, 6.45) is 0. The summed E-state index contributed by atoms with van der Waals surface area (Å²) in [5.41, 5.74) is 1.52. The quantitative estimate of drug-likeness (QED) is 0.491. The summed E-state index contributed by atoms with van der Waals surface area (Å²) in [5.74, 6) is 0.120. The van der Waals surface area contributed by atoms with Crippen molar-refractivity contribution in [1.29, 1.82) is 5.41 Å². The standard InChI is InChI=1S/C9H9ClIN3/c1-13-8-6(9(12)14-2)3-5(10)4-7(8)11/h3-4,12-13H,2H2,1H3. The molecule has 0 amide bonds. The van der Waals surface area contributed by atoms with Crippen molar-refractivity contribution in [1.82, 2.24) is 0 Å². The van der Waals surface area contributed by atoms with E-state index in [0.29, 0.717) is 10.6 Å². The number of anilines is 1. The first kappa shape index (κ1) is 11.5. The van der Waals surface area contributed by atoms with Gasteiger partial charge in [0.25, 0.3) is 0 Å². The lowest BCUT2D eigenvalue weighted by atomic mass is 10.1. The minimum atomic E-state index is 0.120. The second kappa shape index (κ2) is 4.75. The van der Waals surface area contributed by atoms with Crippen molar-refractivity contribution in [2.45, 2.75) is 0 Å². The van der Waals surface area contributed by atoms with Crippen molar-refractivity contribution in [2.75, 3.05) is 12.4 Å². The molecule has 2 N–H and O–H groups in total. The zero-order valence-electron chi connectivity index (χ0n) is 7.56. The van der Waals surface area contributed by atoms with E-state index < -0.39 is 0 Å². The van der Waals surface area contributed by atoms with Gasteiger partial charge in [0.2, 0.25) is 0 Å². The van der Waals surface area contributed by atoms with E-state index in [4.69, 9.17) is 17.0 Å². The highest BCUT2D eigenvalue weighted by molar-refractivity contribution is 14.1. The van der Waals surface area contributed by atoms with Gasteiger partial charge in [0.05, 0.1) is 5.69 Å². The third-order valence-corrected chi connectivity index (χ3v) is 2.79. The third-order valence-electron chi connectivity index (χ3n) is 1.72. The maximum absolute atomic E-state index is 7.58. The van der Waals surface area contributed by atoms with Crippen LogP contribution in [0.4, 0.5) is 5.69 Å². The molecule has 0 fully saturated rings. The number of nitrogens with zero attached hydrogens (tertiary/aromatic N) is 1. The van der Waals surface area contributed by atoms with Crippen molar-refractivity contribution >= 4 is 52.4 Å². The highest BCUT2D eigenvalue weighted by atomic mass is 127. The van der Waals surface area contributed by atoms with E-state index in [2.05, 4.69) is 39.6 Å². The second-order valence-electron chi connectivity index (χ2n) is 2.57. The predicted octanol–water partition coefficient (Wildman–Crippen LogP) is 3.01. The number of nitrogens with one attached hydrogen (secondary N) is 2. The van der Waals surface area contributed by atoms with Crippen LogP contribution in [0, 0.1) is 8.98 Å². The van der Waals surface area contributed by atoms with Gasteiger partial charge in [-0.15, -0.1) is 0 Å². The first-order valence-corrected chi connectivity index (χ1v) is 5.28. The molecule has 0 bridgehead atoms. The van der Waals surface area contributed by atoms with Crippen molar-refractivity contribution in [3.8, 4) is 0 Å². The Morgan fingerprint density at radius 3 is 2.79 bits per heavy atom. The van der Waals surface area contributed by atoms with E-state index >= 15 is 0 Å². The minimum Gasteiger partial charge on any atom is -0.387 e. The maximum Gasteiger partial charge on any atom is 0.153 e. The maximum atomic E-state index is 7.58. The highest BCUT2D eigenvalue weighted by Gasteiger charge is 2.10. The van der Waals surface area contributed by atoms with E-state index in [1.165, 1.54) is 0 Å². The fourth-order valence-corrected chi connectivity index (χ4v) is 2.40. The van der Waals surface area contributed by atoms with Gasteiger partial charge in [-0.1, -0.05) is 11.6 Å². The number of amidine groups is 1. The second-order valence-corrected chi connectivity index (χ2v) is 4.17. The number of hydrogen-bond acceptors (Lipinski definition) is 2. The molecule has 0 radical (unpaired) electrons. The number of halogens is 2. The van der Waals surface area contributed by atoms with Crippen LogP contribution in [0.5, 0.6) is 0 Å². The molecule has 0 aliphatic rings. The Morgan fingerprint density at radius 1 is 1.64 bits per heavy atom. The molecule has 1 aromatic rings. The molecular formula is C9H9ClIN3. The Kier molecular flexibility index (Phi) is 3.88. The van der Waals surface area contributed by atoms with Crippen LogP contribution >= 0.6 is 34.2 Å². The van der Waals surface area contributed by atoms with Gasteiger partial charge in [-0.3, -0.25) is 5.41 Å². The summed E-state index contributed by atoms with van der Waals surface area (Å²) in [7, 11) is 1.80. The van der Waals surface area contributed by atoms with Crippen LogP contribution in [-0.2, 0) is 0 Å². The van der Waals surface area contributed by atoms with E-state index in [-0.39, 0.29) is 5.84 Å². The van der Waals surface area contributed by atoms with Gasteiger partial charge in [-0.2, -0.15) is 0 Å². The molecule has 0 aliphatic carbocycles. The van der Waals surface area contributed by atoms with Crippen LogP contribution in [0.15, 0.2) is 17.1 Å². The predicted molar refractivity (Wildman–Crippen MR) is 70.1 cm³/mol. The van der Waals surface area contributed by atoms with Crippen LogP contribution in [-0.4, -0.2) is 19.6 Å². The lowest BCUT2D eigenvalue weighted by molar-refractivity contribution is 1.39. The fraction of sp³-hybridized carbons (Fsp3) is 0.111. The summed E-state index contributed by atoms with van der Waals surface area (Å²) >= 11 is 8.04. The number of hydrogen-bond donors (Lipinski definition) is 2. The summed E-state index contributed by atoms with van der Waals surface area (Å²) < 4.78 is 0.959. The Bertz CT molecular complexity index is 390. The molecule has 1 rings (SSSR count). The molecule has 5 heteroatoms. The third kappa shape index (κ3) is 2.24. The van der Waals surface area contributed by atoms with Gasteiger partial charge in [-0.25, -0.2) is 4.99 Å². The van der Waals surface area contributed by atoms with E-state index in [0.717, 1.165) is 9.26 Å². The van der Waals surface area contributed by atoms with Gasteiger partial charge in [0, 0.05) is 21.2 Å². The Morgan fingerprint density at radius 2 is 2.29 bits per heavy atom. The molecule has 1 aromatic carbocycles. The Balaban J connectivity index is 3.39. The summed E-state index contributed by atoms with van der Waals surface area (Å²) in [4.78, 5) is 3.58. The van der Waals surface area contributed by atoms with E-state index in [1.54, 1.807) is 13.1 Å². The van der Waals surface area contributed by atoms with Gasteiger partial charge in [0.15, 0.2) is 5.84 Å². The van der Waals surface area contributed by atoms with Crippen LogP contribution in [0.2, 0.25) is 5.02 Å². The molecule has 0 saturated heterocycles. The van der Waals surface area contributed by atoms with Gasteiger partial charge < -0.3 is 5.32 Å². The number of benzene rings is 1. The summed E-state index contributed by atoms with van der Waals surface area (Å²) in [6, 6.07) is 3.53. The van der Waals surface area contributed by atoms with Gasteiger partial charge in [0.1, 0.15) is 0 Å².